The molecule has 1 atom stereocenters. The zero-order chi connectivity index (χ0) is 9.10. The normalized spacial score (nSPS) is 30.8. The van der Waals surface area contributed by atoms with Crippen LogP contribution in [-0.4, -0.2) is 24.5 Å². The third-order valence-corrected chi connectivity index (χ3v) is 3.43. The van der Waals surface area contributed by atoms with Gasteiger partial charge in [0.1, 0.15) is 0 Å². The van der Waals surface area contributed by atoms with Gasteiger partial charge in [-0.1, -0.05) is 6.42 Å². The molecule has 0 aromatic carbocycles. The number of piperidine rings is 1. The fraction of sp³-hybridized carbons (Fsp3) is 0.909. The van der Waals surface area contributed by atoms with Gasteiger partial charge in [-0.15, -0.1) is 0 Å². The van der Waals surface area contributed by atoms with Crippen molar-refractivity contribution in [3.8, 4) is 6.07 Å². The first-order chi connectivity index (χ1) is 6.38. The van der Waals surface area contributed by atoms with Crippen molar-refractivity contribution >= 4 is 0 Å². The van der Waals surface area contributed by atoms with Crippen molar-refractivity contribution in [2.45, 2.75) is 32.1 Å². The molecule has 13 heavy (non-hydrogen) atoms. The molecule has 0 radical (unpaired) electrons. The zero-order valence-corrected chi connectivity index (χ0v) is 8.21. The van der Waals surface area contributed by atoms with E-state index in [0.717, 1.165) is 18.9 Å². The Kier molecular flexibility index (Phi) is 2.85. The Labute approximate surface area is 80.5 Å². The lowest BCUT2D eigenvalue weighted by molar-refractivity contribution is 0.139. The van der Waals surface area contributed by atoms with Crippen LogP contribution < -0.4 is 0 Å². The van der Waals surface area contributed by atoms with E-state index in [1.807, 2.05) is 0 Å². The monoisotopic (exact) mass is 178 g/mol. The summed E-state index contributed by atoms with van der Waals surface area (Å²) in [6.07, 6.45) is 6.63. The SMILES string of the molecule is N#CC1CCCN(CC2CCC2)C1. The Morgan fingerprint density at radius 3 is 2.69 bits per heavy atom. The van der Waals surface area contributed by atoms with Crippen LogP contribution in [0.4, 0.5) is 0 Å². The van der Waals surface area contributed by atoms with E-state index >= 15 is 0 Å². The van der Waals surface area contributed by atoms with Crippen LogP contribution >= 0.6 is 0 Å². The highest BCUT2D eigenvalue weighted by Crippen LogP contribution is 2.28. The lowest BCUT2D eigenvalue weighted by Crippen LogP contribution is -2.39. The van der Waals surface area contributed by atoms with Crippen LogP contribution in [0.25, 0.3) is 0 Å². The van der Waals surface area contributed by atoms with Crippen LogP contribution in [0.5, 0.6) is 0 Å². The fourth-order valence-electron chi connectivity index (χ4n) is 2.37. The van der Waals surface area contributed by atoms with Crippen LogP contribution in [-0.2, 0) is 0 Å². The molecule has 1 saturated carbocycles. The maximum absolute atomic E-state index is 8.84. The fourth-order valence-corrected chi connectivity index (χ4v) is 2.37. The van der Waals surface area contributed by atoms with Crippen molar-refractivity contribution in [3.05, 3.63) is 0 Å². The molecule has 1 heterocycles. The number of nitrogens with zero attached hydrogens (tertiary/aromatic N) is 2. The Balaban J connectivity index is 1.75. The Bertz CT molecular complexity index is 203. The number of nitriles is 1. The van der Waals surface area contributed by atoms with Crippen molar-refractivity contribution < 1.29 is 0 Å². The average Bonchev–Trinajstić information content (AvgIpc) is 2.12. The van der Waals surface area contributed by atoms with Crippen molar-refractivity contribution in [2.75, 3.05) is 19.6 Å². The van der Waals surface area contributed by atoms with Gasteiger partial charge in [-0.3, -0.25) is 0 Å². The summed E-state index contributed by atoms with van der Waals surface area (Å²) in [7, 11) is 0. The van der Waals surface area contributed by atoms with Gasteiger partial charge in [0.15, 0.2) is 0 Å². The summed E-state index contributed by atoms with van der Waals surface area (Å²) in [6.45, 7) is 3.53. The molecule has 1 saturated heterocycles. The number of hydrogen-bond donors (Lipinski definition) is 0. The number of likely N-dealkylation sites (tertiary alicyclic amines) is 1. The molecule has 0 N–H and O–H groups in total. The second kappa shape index (κ2) is 4.11. The van der Waals surface area contributed by atoms with Crippen molar-refractivity contribution in [1.82, 2.24) is 4.90 Å². The van der Waals surface area contributed by atoms with Crippen LogP contribution in [0.3, 0.4) is 0 Å². The highest BCUT2D eigenvalue weighted by molar-refractivity contribution is 4.89. The predicted octanol–water partition coefficient (Wildman–Crippen LogP) is 2.02. The summed E-state index contributed by atoms with van der Waals surface area (Å²) in [5, 5.41) is 8.84. The van der Waals surface area contributed by atoms with E-state index in [2.05, 4.69) is 11.0 Å². The second-order valence-electron chi connectivity index (χ2n) is 4.52. The Morgan fingerprint density at radius 2 is 2.08 bits per heavy atom. The van der Waals surface area contributed by atoms with Gasteiger partial charge in [0.05, 0.1) is 12.0 Å². The summed E-state index contributed by atoms with van der Waals surface area (Å²) in [5.74, 6) is 1.27. The lowest BCUT2D eigenvalue weighted by Gasteiger charge is -2.35. The lowest BCUT2D eigenvalue weighted by atomic mass is 9.84. The van der Waals surface area contributed by atoms with Gasteiger partial charge in [0.2, 0.25) is 0 Å². The van der Waals surface area contributed by atoms with E-state index in [0.29, 0.717) is 5.92 Å². The molecule has 0 aromatic heterocycles. The van der Waals surface area contributed by atoms with Gasteiger partial charge in [-0.2, -0.15) is 5.26 Å². The molecular formula is C11H18N2. The smallest absolute Gasteiger partial charge is 0.0669 e. The predicted molar refractivity (Wildman–Crippen MR) is 52.1 cm³/mol. The van der Waals surface area contributed by atoms with Gasteiger partial charge in [-0.05, 0) is 38.1 Å². The third-order valence-electron chi connectivity index (χ3n) is 3.43. The van der Waals surface area contributed by atoms with E-state index in [-0.39, 0.29) is 0 Å². The van der Waals surface area contributed by atoms with Gasteiger partial charge in [0, 0.05) is 13.1 Å². The molecule has 2 fully saturated rings. The Hall–Kier alpha value is -0.550. The number of hydrogen-bond acceptors (Lipinski definition) is 2. The first-order valence-corrected chi connectivity index (χ1v) is 5.50. The largest absolute Gasteiger partial charge is 0.302 e. The summed E-state index contributed by atoms with van der Waals surface area (Å²) in [4.78, 5) is 2.50. The standard InChI is InChI=1S/C11H18N2/c12-7-11-5-2-6-13(9-11)8-10-3-1-4-10/h10-11H,1-6,8-9H2. The molecule has 1 aliphatic carbocycles. The Morgan fingerprint density at radius 1 is 1.23 bits per heavy atom. The minimum atomic E-state index is 0.314. The van der Waals surface area contributed by atoms with E-state index in [1.54, 1.807) is 0 Å². The summed E-state index contributed by atoms with van der Waals surface area (Å²) < 4.78 is 0. The van der Waals surface area contributed by atoms with Crippen molar-refractivity contribution in [2.24, 2.45) is 11.8 Å². The summed E-state index contributed by atoms with van der Waals surface area (Å²) in [5.41, 5.74) is 0. The minimum Gasteiger partial charge on any atom is -0.302 e. The number of rotatable bonds is 2. The second-order valence-corrected chi connectivity index (χ2v) is 4.52. The molecular weight excluding hydrogens is 160 g/mol. The minimum absolute atomic E-state index is 0.314. The molecule has 0 amide bonds. The molecule has 1 aliphatic heterocycles. The quantitative estimate of drug-likeness (QED) is 0.647. The van der Waals surface area contributed by atoms with Gasteiger partial charge >= 0.3 is 0 Å². The van der Waals surface area contributed by atoms with Gasteiger partial charge in [-0.25, -0.2) is 0 Å². The van der Waals surface area contributed by atoms with Gasteiger partial charge in [0.25, 0.3) is 0 Å². The van der Waals surface area contributed by atoms with Crippen LogP contribution in [0, 0.1) is 23.2 Å². The van der Waals surface area contributed by atoms with Crippen LogP contribution in [0.15, 0.2) is 0 Å². The van der Waals surface area contributed by atoms with Crippen molar-refractivity contribution in [1.29, 1.82) is 5.26 Å². The highest BCUT2D eigenvalue weighted by Gasteiger charge is 2.24. The molecule has 0 bridgehead atoms. The molecule has 2 nitrogen and oxygen atoms in total. The summed E-state index contributed by atoms with van der Waals surface area (Å²) in [6, 6.07) is 2.40. The van der Waals surface area contributed by atoms with E-state index < -0.39 is 0 Å². The summed E-state index contributed by atoms with van der Waals surface area (Å²) >= 11 is 0. The molecule has 2 heteroatoms. The van der Waals surface area contributed by atoms with Gasteiger partial charge < -0.3 is 4.90 Å². The van der Waals surface area contributed by atoms with E-state index in [4.69, 9.17) is 5.26 Å². The van der Waals surface area contributed by atoms with Crippen LogP contribution in [0.2, 0.25) is 0 Å². The molecule has 1 unspecified atom stereocenters. The topological polar surface area (TPSA) is 27.0 Å². The van der Waals surface area contributed by atoms with Crippen LogP contribution in [0.1, 0.15) is 32.1 Å². The zero-order valence-electron chi connectivity index (χ0n) is 8.21. The average molecular weight is 178 g/mol. The van der Waals surface area contributed by atoms with E-state index in [1.165, 1.54) is 38.8 Å². The molecule has 0 spiro atoms. The van der Waals surface area contributed by atoms with Crippen molar-refractivity contribution in [3.63, 3.8) is 0 Å². The highest BCUT2D eigenvalue weighted by atomic mass is 15.1. The first-order valence-electron chi connectivity index (χ1n) is 5.50. The first kappa shape index (κ1) is 9.02. The molecule has 2 rings (SSSR count). The van der Waals surface area contributed by atoms with E-state index in [9.17, 15) is 0 Å². The molecule has 72 valence electrons. The molecule has 2 aliphatic rings. The maximum atomic E-state index is 8.84. The maximum Gasteiger partial charge on any atom is 0.0669 e. The molecule has 0 aromatic rings. The third kappa shape index (κ3) is 2.22.